The molecule has 0 atom stereocenters. The van der Waals surface area contributed by atoms with E-state index in [0.717, 1.165) is 166 Å². The van der Waals surface area contributed by atoms with E-state index >= 15 is 0 Å². The molecule has 10 nitrogen and oxygen atoms in total. The van der Waals surface area contributed by atoms with E-state index in [1.54, 1.807) is 0 Å². The van der Waals surface area contributed by atoms with Crippen molar-refractivity contribution >= 4 is 87.1 Å². The van der Waals surface area contributed by atoms with Gasteiger partial charge in [0.15, 0.2) is 17.5 Å². The zero-order valence-electron chi connectivity index (χ0n) is 52.6. The Kier molecular flexibility index (Phi) is 14.3. The average molecular weight is 1250 g/mol. The zero-order valence-corrected chi connectivity index (χ0v) is 52.6. The summed E-state index contributed by atoms with van der Waals surface area (Å²) >= 11 is 0. The summed E-state index contributed by atoms with van der Waals surface area (Å²) < 4.78 is 0. The fraction of sp³-hybridized carbons (Fsp3) is 0. The molecule has 0 N–H and O–H groups in total. The van der Waals surface area contributed by atoms with Gasteiger partial charge < -0.3 is 0 Å². The highest BCUT2D eigenvalue weighted by Crippen LogP contribution is 2.36. The van der Waals surface area contributed by atoms with Gasteiger partial charge in [-0.05, 0) is 112 Å². The fourth-order valence-electron chi connectivity index (χ4n) is 13.1. The lowest BCUT2D eigenvalue weighted by atomic mass is 9.99. The van der Waals surface area contributed by atoms with E-state index in [4.69, 9.17) is 39.9 Å². The second-order valence-electron chi connectivity index (χ2n) is 24.4. The third-order valence-corrected chi connectivity index (χ3v) is 18.2. The lowest BCUT2D eigenvalue weighted by molar-refractivity contribution is 1.06. The van der Waals surface area contributed by atoms with Crippen molar-refractivity contribution in [3.8, 4) is 102 Å². The number of hydrogen-bond donors (Lipinski definition) is 0. The molecule has 0 radical (unpaired) electrons. The summed E-state index contributed by atoms with van der Waals surface area (Å²) in [5.41, 5.74) is 21.5. The van der Waals surface area contributed by atoms with Gasteiger partial charge in [0, 0.05) is 83.5 Å². The summed E-state index contributed by atoms with van der Waals surface area (Å²) in [5.74, 6) is 1.73. The first kappa shape index (κ1) is 57.2. The van der Waals surface area contributed by atoms with Crippen molar-refractivity contribution in [1.29, 1.82) is 0 Å². The first-order valence-corrected chi connectivity index (χ1v) is 32.6. The maximum absolute atomic E-state index is 5.19. The monoisotopic (exact) mass is 1250 g/mol. The molecule has 0 spiro atoms. The number of hydrogen-bond acceptors (Lipinski definition) is 10. The third-order valence-electron chi connectivity index (χ3n) is 18.2. The van der Waals surface area contributed by atoms with Crippen molar-refractivity contribution < 1.29 is 0 Å². The number of aromatic nitrogens is 10. The van der Waals surface area contributed by atoms with E-state index in [2.05, 4.69) is 228 Å². The SMILES string of the molecule is c1ccc(-c2ccc3ccc(-c4ccc5ccc(-c6cccc7cccnc67)nc5c4)cc3n2)cc1.c1ccc(-c2nc(-c3ccccc3)nc(-c3ccc4ccc(-c5ccc6ccc(-c7ccc8cc(-c9ccc%10ccc%11cccnc%11c%10n9)ccc8c7)nc6c5)cc4n3)n2)cc1. The van der Waals surface area contributed by atoms with Crippen molar-refractivity contribution in [2.45, 2.75) is 0 Å². The first-order valence-electron chi connectivity index (χ1n) is 32.6. The Hall–Kier alpha value is -13.4. The Labute approximate surface area is 563 Å². The summed E-state index contributed by atoms with van der Waals surface area (Å²) in [4.78, 5) is 49.3. The first-order chi connectivity index (χ1) is 48.5. The summed E-state index contributed by atoms with van der Waals surface area (Å²) in [6.07, 6.45) is 3.66. The van der Waals surface area contributed by atoms with Gasteiger partial charge in [-0.15, -0.1) is 0 Å². The van der Waals surface area contributed by atoms with E-state index in [-0.39, 0.29) is 0 Å². The lowest BCUT2D eigenvalue weighted by Gasteiger charge is -2.10. The van der Waals surface area contributed by atoms with Gasteiger partial charge in [-0.1, -0.05) is 237 Å². The molecule has 456 valence electrons. The highest BCUT2D eigenvalue weighted by molar-refractivity contribution is 6.04. The van der Waals surface area contributed by atoms with Crippen LogP contribution in [-0.2, 0) is 0 Å². The van der Waals surface area contributed by atoms with Crippen LogP contribution in [0.2, 0.25) is 0 Å². The van der Waals surface area contributed by atoms with Gasteiger partial charge in [-0.25, -0.2) is 39.9 Å². The summed E-state index contributed by atoms with van der Waals surface area (Å²) in [6.45, 7) is 0. The van der Waals surface area contributed by atoms with Gasteiger partial charge >= 0.3 is 0 Å². The smallest absolute Gasteiger partial charge is 0.182 e. The summed E-state index contributed by atoms with van der Waals surface area (Å²) in [5, 5.41) is 9.91. The molecule has 19 rings (SSSR count). The summed E-state index contributed by atoms with van der Waals surface area (Å²) in [7, 11) is 0. The molecule has 0 saturated heterocycles. The fourth-order valence-corrected chi connectivity index (χ4v) is 13.1. The number of para-hydroxylation sites is 1. The number of fused-ring (bicyclic) bond motifs is 9. The second-order valence-corrected chi connectivity index (χ2v) is 24.4. The van der Waals surface area contributed by atoms with Crippen LogP contribution in [0.4, 0.5) is 0 Å². The number of nitrogens with zero attached hydrogens (tertiary/aromatic N) is 10. The van der Waals surface area contributed by atoms with Crippen molar-refractivity contribution in [3.05, 3.63) is 328 Å². The van der Waals surface area contributed by atoms with Gasteiger partial charge in [-0.2, -0.15) is 0 Å². The van der Waals surface area contributed by atoms with Crippen molar-refractivity contribution in [2.24, 2.45) is 0 Å². The van der Waals surface area contributed by atoms with Crippen molar-refractivity contribution in [2.75, 3.05) is 0 Å². The van der Waals surface area contributed by atoms with Crippen LogP contribution in [0.5, 0.6) is 0 Å². The van der Waals surface area contributed by atoms with E-state index in [0.29, 0.717) is 23.2 Å². The van der Waals surface area contributed by atoms with Gasteiger partial charge in [-0.3, -0.25) is 9.97 Å². The third kappa shape index (κ3) is 11.1. The minimum absolute atomic E-state index is 0.523. The van der Waals surface area contributed by atoms with Crippen molar-refractivity contribution in [1.82, 2.24) is 49.8 Å². The minimum Gasteiger partial charge on any atom is -0.256 e. The second kappa shape index (κ2) is 24.5. The Bertz CT molecular complexity index is 6260. The van der Waals surface area contributed by atoms with Gasteiger partial charge in [0.1, 0.15) is 5.69 Å². The van der Waals surface area contributed by atoms with Crippen LogP contribution in [0.3, 0.4) is 0 Å². The van der Waals surface area contributed by atoms with E-state index < -0.39 is 0 Å². The number of benzene rings is 11. The van der Waals surface area contributed by atoms with Crippen molar-refractivity contribution in [3.63, 3.8) is 0 Å². The zero-order chi connectivity index (χ0) is 64.9. The topological polar surface area (TPSA) is 129 Å². The number of rotatable bonds is 9. The molecular formula is C88H54N10. The molecule has 0 bridgehead atoms. The molecule has 0 unspecified atom stereocenters. The molecule has 11 aromatic carbocycles. The van der Waals surface area contributed by atoms with Crippen LogP contribution < -0.4 is 0 Å². The van der Waals surface area contributed by atoms with E-state index in [9.17, 15) is 0 Å². The molecule has 19 aromatic rings. The highest BCUT2D eigenvalue weighted by Gasteiger charge is 2.17. The molecule has 10 heteroatoms. The van der Waals surface area contributed by atoms with Gasteiger partial charge in [0.25, 0.3) is 0 Å². The normalized spacial score (nSPS) is 11.5. The predicted octanol–water partition coefficient (Wildman–Crippen LogP) is 21.6. The van der Waals surface area contributed by atoms with Crippen LogP contribution in [0.1, 0.15) is 0 Å². The molecule has 0 amide bonds. The molecule has 0 aliphatic rings. The average Bonchev–Trinajstić information content (AvgIpc) is 0.792. The minimum atomic E-state index is 0.523. The largest absolute Gasteiger partial charge is 0.256 e. The van der Waals surface area contributed by atoms with Crippen LogP contribution in [0, 0.1) is 0 Å². The van der Waals surface area contributed by atoms with Crippen LogP contribution in [0.25, 0.3) is 189 Å². The standard InChI is InChI=1S/C55H33N7.C33H21N3/c1-3-8-38(9-4-1)53-60-54(39-10-5-2-6-11-39)62-55(61-53)48-28-24-35-14-18-43(33-50(35)58-48)42-17-13-34-23-26-46(57-49(34)32-42)44-21-19-41-31-45(22-20-40(41)30-44)47-27-25-37-16-15-36-12-7-29-56-51(36)52(37)59-47;1-2-6-22(7-3-1)29-17-15-23-11-13-26(20-31(23)35-29)27-14-12-24-16-18-30(36-32(24)21-27)28-10-4-8-25-9-5-19-34-33(25)28/h1-33H;1-21H. The Balaban J connectivity index is 0.000000164. The number of pyridine rings is 7. The quantitative estimate of drug-likeness (QED) is 0.129. The van der Waals surface area contributed by atoms with Crippen LogP contribution in [-0.4, -0.2) is 49.8 Å². The highest BCUT2D eigenvalue weighted by atomic mass is 15.0. The van der Waals surface area contributed by atoms with E-state index in [1.807, 2.05) is 109 Å². The Morgan fingerprint density at radius 3 is 1.03 bits per heavy atom. The molecule has 0 aliphatic heterocycles. The van der Waals surface area contributed by atoms with Gasteiger partial charge in [0.05, 0.1) is 61.4 Å². The molecule has 8 heterocycles. The molecule has 0 aliphatic carbocycles. The van der Waals surface area contributed by atoms with Crippen LogP contribution in [0.15, 0.2) is 328 Å². The molecule has 98 heavy (non-hydrogen) atoms. The molecule has 8 aromatic heterocycles. The predicted molar refractivity (Wildman–Crippen MR) is 400 cm³/mol. The lowest BCUT2D eigenvalue weighted by Crippen LogP contribution is -2.01. The Morgan fingerprint density at radius 1 is 0.163 bits per heavy atom. The van der Waals surface area contributed by atoms with Crippen LogP contribution >= 0.6 is 0 Å². The molecule has 0 saturated carbocycles. The molecule has 0 fully saturated rings. The van der Waals surface area contributed by atoms with E-state index in [1.165, 1.54) is 0 Å². The maximum Gasteiger partial charge on any atom is 0.182 e. The Morgan fingerprint density at radius 2 is 0.510 bits per heavy atom. The molecular weight excluding hydrogens is 1200 g/mol. The maximum atomic E-state index is 5.19. The van der Waals surface area contributed by atoms with Gasteiger partial charge in [0.2, 0.25) is 0 Å². The summed E-state index contributed by atoms with van der Waals surface area (Å²) in [6, 6.07) is 109.